The molecular weight excluding hydrogens is 484 g/mol. The molecule has 0 aromatic heterocycles. The van der Waals surface area contributed by atoms with E-state index in [1.807, 2.05) is 0 Å². The number of rotatable bonds is 28. The van der Waals surface area contributed by atoms with Gasteiger partial charge < -0.3 is 9.84 Å². The molecule has 0 rings (SSSR count). The van der Waals surface area contributed by atoms with E-state index in [0.717, 1.165) is 77.0 Å². The Bertz CT molecular complexity index is 674. The topological polar surface area (TPSA) is 63.6 Å². The van der Waals surface area contributed by atoms with Gasteiger partial charge in [-0.15, -0.1) is 0 Å². The van der Waals surface area contributed by atoms with Gasteiger partial charge in [0, 0.05) is 12.8 Å². The molecule has 4 nitrogen and oxygen atoms in total. The summed E-state index contributed by atoms with van der Waals surface area (Å²) >= 11 is 0. The lowest BCUT2D eigenvalue weighted by Crippen LogP contribution is -2.18. The second kappa shape index (κ2) is 30.4. The molecule has 0 amide bonds. The summed E-state index contributed by atoms with van der Waals surface area (Å²) < 4.78 is 5.78. The van der Waals surface area contributed by atoms with Crippen LogP contribution < -0.4 is 0 Å². The van der Waals surface area contributed by atoms with Gasteiger partial charge in [-0.2, -0.15) is 0 Å². The van der Waals surface area contributed by atoms with Crippen molar-refractivity contribution in [2.75, 3.05) is 0 Å². The number of ether oxygens (including phenoxy) is 1. The van der Waals surface area contributed by atoms with Crippen molar-refractivity contribution in [1.82, 2.24) is 0 Å². The summed E-state index contributed by atoms with van der Waals surface area (Å²) in [5, 5.41) is 8.66. The highest BCUT2D eigenvalue weighted by atomic mass is 16.5. The number of carbonyl (C=O) groups excluding carboxylic acids is 1. The number of carboxylic acid groups (broad SMARTS) is 1. The van der Waals surface area contributed by atoms with Gasteiger partial charge in [0.15, 0.2) is 0 Å². The first-order valence-electron chi connectivity index (χ1n) is 16.1. The standard InChI is InChI=1S/C35H60O4/c1-3-5-6-7-8-9-10-11-12-13-14-15-16-17-22-25-28-32-35(38)39-33(29-4-2)30-26-23-20-18-19-21-24-27-31-34(36)37/h8-9,11-12,14-15,17,22,33H,3-7,10,13,16,18-21,23-32H2,1-2H3,(H,36,37)/b9-8-,12-11-,15-14-,22-17-. The molecule has 0 radical (unpaired) electrons. The van der Waals surface area contributed by atoms with Gasteiger partial charge in [0.05, 0.1) is 0 Å². The largest absolute Gasteiger partial charge is 0.481 e. The Morgan fingerprint density at radius 2 is 1.08 bits per heavy atom. The maximum Gasteiger partial charge on any atom is 0.306 e. The maximum atomic E-state index is 12.3. The number of aliphatic carboxylic acids is 1. The van der Waals surface area contributed by atoms with Crippen molar-refractivity contribution in [3.05, 3.63) is 48.6 Å². The minimum atomic E-state index is -0.691. The molecule has 224 valence electrons. The average molecular weight is 545 g/mol. The normalized spacial score (nSPS) is 12.9. The van der Waals surface area contributed by atoms with Gasteiger partial charge in [-0.25, -0.2) is 0 Å². The van der Waals surface area contributed by atoms with Gasteiger partial charge in [0.2, 0.25) is 0 Å². The van der Waals surface area contributed by atoms with Gasteiger partial charge in [-0.1, -0.05) is 120 Å². The molecule has 0 heterocycles. The van der Waals surface area contributed by atoms with Crippen LogP contribution in [0.3, 0.4) is 0 Å². The van der Waals surface area contributed by atoms with Gasteiger partial charge >= 0.3 is 11.9 Å². The Hall–Kier alpha value is -2.10. The number of esters is 1. The fourth-order valence-corrected chi connectivity index (χ4v) is 4.46. The van der Waals surface area contributed by atoms with Crippen molar-refractivity contribution in [1.29, 1.82) is 0 Å². The molecule has 0 fully saturated rings. The first-order chi connectivity index (χ1) is 19.1. The lowest BCUT2D eigenvalue weighted by molar-refractivity contribution is -0.150. The molecule has 1 unspecified atom stereocenters. The highest BCUT2D eigenvalue weighted by Crippen LogP contribution is 2.16. The van der Waals surface area contributed by atoms with E-state index in [0.29, 0.717) is 12.8 Å². The SMILES string of the molecule is CCCCC/C=C\C/C=C\C/C=C\C/C=C\CCCC(=O)OC(CCC)CCCCCCCCCCC(=O)O. The Kier molecular flexibility index (Phi) is 28.8. The number of allylic oxidation sites excluding steroid dienone is 8. The average Bonchev–Trinajstić information content (AvgIpc) is 2.91. The van der Waals surface area contributed by atoms with E-state index in [1.54, 1.807) is 0 Å². The number of hydrogen-bond acceptors (Lipinski definition) is 3. The van der Waals surface area contributed by atoms with E-state index in [4.69, 9.17) is 9.84 Å². The maximum absolute atomic E-state index is 12.3. The molecule has 0 aromatic carbocycles. The second-order valence-corrected chi connectivity index (χ2v) is 10.6. The summed E-state index contributed by atoms with van der Waals surface area (Å²) in [7, 11) is 0. The quantitative estimate of drug-likeness (QED) is 0.0604. The van der Waals surface area contributed by atoms with Crippen LogP contribution in [-0.2, 0) is 14.3 Å². The first kappa shape index (κ1) is 36.9. The molecule has 39 heavy (non-hydrogen) atoms. The van der Waals surface area contributed by atoms with Gasteiger partial charge in [-0.05, 0) is 70.6 Å². The monoisotopic (exact) mass is 544 g/mol. The molecule has 1 N–H and O–H groups in total. The molecule has 4 heteroatoms. The highest BCUT2D eigenvalue weighted by Gasteiger charge is 2.13. The predicted molar refractivity (Wildman–Crippen MR) is 167 cm³/mol. The van der Waals surface area contributed by atoms with Crippen molar-refractivity contribution in [3.8, 4) is 0 Å². The van der Waals surface area contributed by atoms with Crippen LogP contribution >= 0.6 is 0 Å². The van der Waals surface area contributed by atoms with Crippen LogP contribution in [0.4, 0.5) is 0 Å². The Morgan fingerprint density at radius 1 is 0.564 bits per heavy atom. The lowest BCUT2D eigenvalue weighted by Gasteiger charge is -2.17. The molecule has 0 aliphatic carbocycles. The minimum absolute atomic E-state index is 0.0503. The van der Waals surface area contributed by atoms with Crippen LogP contribution in [0.1, 0.15) is 155 Å². The summed E-state index contributed by atoms with van der Waals surface area (Å²) in [4.78, 5) is 22.8. The van der Waals surface area contributed by atoms with E-state index in [-0.39, 0.29) is 12.1 Å². The summed E-state index contributed by atoms with van der Waals surface area (Å²) in [5.41, 5.74) is 0. The third kappa shape index (κ3) is 30.3. The molecule has 0 spiro atoms. The fourth-order valence-electron chi connectivity index (χ4n) is 4.46. The molecule has 0 bridgehead atoms. The summed E-state index contributed by atoms with van der Waals surface area (Å²) in [5.74, 6) is -0.741. The lowest BCUT2D eigenvalue weighted by atomic mass is 10.0. The van der Waals surface area contributed by atoms with E-state index < -0.39 is 5.97 Å². The van der Waals surface area contributed by atoms with E-state index in [9.17, 15) is 9.59 Å². The fraction of sp³-hybridized carbons (Fsp3) is 0.714. The predicted octanol–water partition coefficient (Wildman–Crippen LogP) is 10.8. The van der Waals surface area contributed by atoms with E-state index in [2.05, 4.69) is 62.5 Å². The zero-order chi connectivity index (χ0) is 28.7. The molecule has 0 aliphatic heterocycles. The van der Waals surface area contributed by atoms with Gasteiger partial charge in [0.1, 0.15) is 6.10 Å². The number of hydrogen-bond donors (Lipinski definition) is 1. The molecule has 0 aromatic rings. The molecular formula is C35H60O4. The van der Waals surface area contributed by atoms with E-state index in [1.165, 1.54) is 51.4 Å². The Labute approximate surface area is 241 Å². The molecule has 0 saturated heterocycles. The van der Waals surface area contributed by atoms with Gasteiger partial charge in [-0.3, -0.25) is 9.59 Å². The number of carboxylic acids is 1. The highest BCUT2D eigenvalue weighted by molar-refractivity contribution is 5.69. The van der Waals surface area contributed by atoms with Crippen molar-refractivity contribution >= 4 is 11.9 Å². The molecule has 1 atom stereocenters. The van der Waals surface area contributed by atoms with Crippen LogP contribution in [-0.4, -0.2) is 23.1 Å². The summed E-state index contributed by atoms with van der Waals surface area (Å²) in [6.07, 6.45) is 40.3. The molecule has 0 aliphatic rings. The Morgan fingerprint density at radius 3 is 1.62 bits per heavy atom. The van der Waals surface area contributed by atoms with Crippen LogP contribution in [0, 0.1) is 0 Å². The van der Waals surface area contributed by atoms with Gasteiger partial charge in [0.25, 0.3) is 0 Å². The summed E-state index contributed by atoms with van der Waals surface area (Å²) in [6.45, 7) is 4.39. The minimum Gasteiger partial charge on any atom is -0.481 e. The van der Waals surface area contributed by atoms with Crippen LogP contribution in [0.15, 0.2) is 48.6 Å². The second-order valence-electron chi connectivity index (χ2n) is 10.6. The van der Waals surface area contributed by atoms with Crippen LogP contribution in [0.25, 0.3) is 0 Å². The van der Waals surface area contributed by atoms with Crippen molar-refractivity contribution in [3.63, 3.8) is 0 Å². The van der Waals surface area contributed by atoms with Crippen molar-refractivity contribution in [2.24, 2.45) is 0 Å². The van der Waals surface area contributed by atoms with Crippen LogP contribution in [0.2, 0.25) is 0 Å². The smallest absolute Gasteiger partial charge is 0.306 e. The van der Waals surface area contributed by atoms with Crippen LogP contribution in [0.5, 0.6) is 0 Å². The Balaban J connectivity index is 3.74. The number of carbonyl (C=O) groups is 2. The third-order valence-corrected chi connectivity index (χ3v) is 6.78. The van der Waals surface area contributed by atoms with E-state index >= 15 is 0 Å². The zero-order valence-corrected chi connectivity index (χ0v) is 25.4. The van der Waals surface area contributed by atoms with Crippen molar-refractivity contribution in [2.45, 2.75) is 161 Å². The summed E-state index contributed by atoms with van der Waals surface area (Å²) in [6, 6.07) is 0. The molecule has 0 saturated carbocycles. The zero-order valence-electron chi connectivity index (χ0n) is 25.4. The number of unbranched alkanes of at least 4 members (excludes halogenated alkanes) is 11. The third-order valence-electron chi connectivity index (χ3n) is 6.78. The first-order valence-corrected chi connectivity index (χ1v) is 16.1. The van der Waals surface area contributed by atoms with Crippen molar-refractivity contribution < 1.29 is 19.4 Å².